The van der Waals surface area contributed by atoms with Crippen LogP contribution in [0.25, 0.3) is 0 Å². The molecule has 3 heteroatoms. The Morgan fingerprint density at radius 1 is 1.17 bits per heavy atom. The highest BCUT2D eigenvalue weighted by molar-refractivity contribution is 5.98. The Morgan fingerprint density at radius 2 is 1.94 bits per heavy atom. The molecular weight excluding hydrogens is 234 g/mol. The Bertz CT molecular complexity index is 509. The van der Waals surface area contributed by atoms with Crippen molar-refractivity contribution in [2.45, 2.75) is 32.6 Å². The van der Waals surface area contributed by atoms with Gasteiger partial charge in [-0.15, -0.1) is 0 Å². The van der Waals surface area contributed by atoms with Gasteiger partial charge in [-0.2, -0.15) is 0 Å². The van der Waals surface area contributed by atoms with Crippen molar-refractivity contribution >= 4 is 5.78 Å². The van der Waals surface area contributed by atoms with E-state index in [2.05, 4.69) is 0 Å². The van der Waals surface area contributed by atoms with E-state index in [1.165, 1.54) is 13.3 Å². The van der Waals surface area contributed by atoms with Gasteiger partial charge in [0.2, 0.25) is 0 Å². The SMILES string of the molecule is Cc1cc(F)c(C(=O)C2CC3CCC2C3)cc1F. The van der Waals surface area contributed by atoms with E-state index in [1.807, 2.05) is 0 Å². The lowest BCUT2D eigenvalue weighted by Gasteiger charge is -2.20. The van der Waals surface area contributed by atoms with E-state index in [4.69, 9.17) is 0 Å². The summed E-state index contributed by atoms with van der Waals surface area (Å²) in [5.74, 6) is -0.336. The number of Topliss-reactive ketones (excluding diaryl/α,β-unsaturated/α-hetero) is 1. The molecule has 96 valence electrons. The fourth-order valence-corrected chi connectivity index (χ4v) is 3.60. The molecule has 18 heavy (non-hydrogen) atoms. The van der Waals surface area contributed by atoms with Crippen molar-refractivity contribution in [1.82, 2.24) is 0 Å². The second-order valence-corrected chi connectivity index (χ2v) is 5.73. The summed E-state index contributed by atoms with van der Waals surface area (Å²) >= 11 is 0. The van der Waals surface area contributed by atoms with Crippen LogP contribution < -0.4 is 0 Å². The molecule has 3 unspecified atom stereocenters. The number of halogens is 2. The van der Waals surface area contributed by atoms with Crippen LogP contribution in [-0.4, -0.2) is 5.78 Å². The molecule has 3 rings (SSSR count). The van der Waals surface area contributed by atoms with Crippen molar-refractivity contribution in [3.05, 3.63) is 34.9 Å². The number of fused-ring (bicyclic) bond motifs is 2. The van der Waals surface area contributed by atoms with Crippen LogP contribution in [0.1, 0.15) is 41.6 Å². The summed E-state index contributed by atoms with van der Waals surface area (Å²) in [6, 6.07) is 2.19. The van der Waals surface area contributed by atoms with Crippen LogP contribution in [0.3, 0.4) is 0 Å². The van der Waals surface area contributed by atoms with Gasteiger partial charge in [-0.3, -0.25) is 4.79 Å². The first-order valence-electron chi connectivity index (χ1n) is 6.56. The molecule has 0 amide bonds. The monoisotopic (exact) mass is 250 g/mol. The third-order valence-corrected chi connectivity index (χ3v) is 4.59. The molecule has 2 fully saturated rings. The average molecular weight is 250 g/mol. The molecule has 0 saturated heterocycles. The summed E-state index contributed by atoms with van der Waals surface area (Å²) in [6.45, 7) is 1.50. The third kappa shape index (κ3) is 1.76. The Kier molecular flexibility index (Phi) is 2.72. The largest absolute Gasteiger partial charge is 0.294 e. The summed E-state index contributed by atoms with van der Waals surface area (Å²) in [4.78, 5) is 12.3. The van der Waals surface area contributed by atoms with E-state index in [0.717, 1.165) is 31.4 Å². The highest BCUT2D eigenvalue weighted by atomic mass is 19.1. The third-order valence-electron chi connectivity index (χ3n) is 4.59. The zero-order valence-electron chi connectivity index (χ0n) is 10.4. The van der Waals surface area contributed by atoms with Crippen molar-refractivity contribution in [3.8, 4) is 0 Å². The Labute approximate surface area is 105 Å². The van der Waals surface area contributed by atoms with E-state index in [0.29, 0.717) is 11.8 Å². The van der Waals surface area contributed by atoms with Gasteiger partial charge in [0.25, 0.3) is 0 Å². The maximum absolute atomic E-state index is 13.8. The first-order chi connectivity index (χ1) is 8.56. The molecule has 0 heterocycles. The lowest BCUT2D eigenvalue weighted by molar-refractivity contribution is 0.0870. The molecule has 0 aliphatic heterocycles. The minimum absolute atomic E-state index is 0.0596. The zero-order valence-corrected chi connectivity index (χ0v) is 10.4. The van der Waals surface area contributed by atoms with Gasteiger partial charge >= 0.3 is 0 Å². The molecule has 0 spiro atoms. The maximum atomic E-state index is 13.8. The van der Waals surface area contributed by atoms with Crippen LogP contribution in [0.15, 0.2) is 12.1 Å². The van der Waals surface area contributed by atoms with Crippen LogP contribution in [0.2, 0.25) is 0 Å². The van der Waals surface area contributed by atoms with Crippen LogP contribution in [0.4, 0.5) is 8.78 Å². The van der Waals surface area contributed by atoms with Crippen LogP contribution >= 0.6 is 0 Å². The predicted octanol–water partition coefficient (Wildman–Crippen LogP) is 3.89. The molecule has 0 radical (unpaired) electrons. The molecule has 1 aromatic rings. The highest BCUT2D eigenvalue weighted by Gasteiger charge is 2.43. The average Bonchev–Trinajstić information content (AvgIpc) is 2.95. The van der Waals surface area contributed by atoms with Crippen molar-refractivity contribution in [2.75, 3.05) is 0 Å². The Hall–Kier alpha value is -1.25. The van der Waals surface area contributed by atoms with Crippen LogP contribution in [0.5, 0.6) is 0 Å². The molecule has 0 N–H and O–H groups in total. The van der Waals surface area contributed by atoms with E-state index in [1.54, 1.807) is 0 Å². The van der Waals surface area contributed by atoms with Crippen LogP contribution in [0, 0.1) is 36.3 Å². The molecule has 2 saturated carbocycles. The predicted molar refractivity (Wildman–Crippen MR) is 64.4 cm³/mol. The standard InChI is InChI=1S/C15H16F2O/c1-8-4-14(17)12(7-13(8)16)15(18)11-6-9-2-3-10(11)5-9/h4,7,9-11H,2-3,5-6H2,1H3. The van der Waals surface area contributed by atoms with Gasteiger partial charge in [-0.05, 0) is 55.7 Å². The number of aryl methyl sites for hydroxylation is 1. The first-order valence-corrected chi connectivity index (χ1v) is 6.56. The van der Waals surface area contributed by atoms with Gasteiger partial charge in [-0.25, -0.2) is 8.78 Å². The smallest absolute Gasteiger partial charge is 0.169 e. The lowest BCUT2D eigenvalue weighted by Crippen LogP contribution is -2.22. The van der Waals surface area contributed by atoms with Gasteiger partial charge in [0, 0.05) is 5.92 Å². The number of hydrogen-bond acceptors (Lipinski definition) is 1. The minimum Gasteiger partial charge on any atom is -0.294 e. The molecule has 2 bridgehead atoms. The summed E-state index contributed by atoms with van der Waals surface area (Å²) in [5, 5.41) is 0. The number of hydrogen-bond donors (Lipinski definition) is 0. The van der Waals surface area contributed by atoms with E-state index in [9.17, 15) is 13.6 Å². The minimum atomic E-state index is -0.582. The van der Waals surface area contributed by atoms with Crippen molar-refractivity contribution in [2.24, 2.45) is 17.8 Å². The maximum Gasteiger partial charge on any atom is 0.169 e. The summed E-state index contributed by atoms with van der Waals surface area (Å²) in [7, 11) is 0. The second kappa shape index (κ2) is 4.15. The first kappa shape index (κ1) is 11.8. The second-order valence-electron chi connectivity index (χ2n) is 5.73. The fraction of sp³-hybridized carbons (Fsp3) is 0.533. The zero-order chi connectivity index (χ0) is 12.9. The summed E-state index contributed by atoms with van der Waals surface area (Å²) in [6.07, 6.45) is 4.21. The van der Waals surface area contributed by atoms with E-state index in [-0.39, 0.29) is 22.8 Å². The van der Waals surface area contributed by atoms with Gasteiger partial charge < -0.3 is 0 Å². The van der Waals surface area contributed by atoms with Gasteiger partial charge in [-0.1, -0.05) is 6.42 Å². The molecule has 2 aliphatic rings. The molecule has 1 nitrogen and oxygen atoms in total. The van der Waals surface area contributed by atoms with Crippen molar-refractivity contribution in [3.63, 3.8) is 0 Å². The normalized spacial score (nSPS) is 29.8. The summed E-state index contributed by atoms with van der Waals surface area (Å²) < 4.78 is 27.3. The van der Waals surface area contributed by atoms with Crippen molar-refractivity contribution < 1.29 is 13.6 Å². The topological polar surface area (TPSA) is 17.1 Å². The molecule has 2 aliphatic carbocycles. The van der Waals surface area contributed by atoms with Crippen LogP contribution in [-0.2, 0) is 0 Å². The van der Waals surface area contributed by atoms with Gasteiger partial charge in [0.1, 0.15) is 11.6 Å². The highest BCUT2D eigenvalue weighted by Crippen LogP contribution is 2.49. The van der Waals surface area contributed by atoms with Crippen molar-refractivity contribution in [1.29, 1.82) is 0 Å². The number of benzene rings is 1. The summed E-state index contributed by atoms with van der Waals surface area (Å²) in [5.41, 5.74) is 0.188. The molecule has 3 atom stereocenters. The number of ketones is 1. The van der Waals surface area contributed by atoms with Gasteiger partial charge in [0.15, 0.2) is 5.78 Å². The Balaban J connectivity index is 1.91. The van der Waals surface area contributed by atoms with Gasteiger partial charge in [0.05, 0.1) is 5.56 Å². The number of carbonyl (C=O) groups is 1. The van der Waals surface area contributed by atoms with E-state index < -0.39 is 11.6 Å². The molecule has 0 aromatic heterocycles. The Morgan fingerprint density at radius 3 is 2.56 bits per heavy atom. The quantitative estimate of drug-likeness (QED) is 0.728. The number of rotatable bonds is 2. The van der Waals surface area contributed by atoms with E-state index >= 15 is 0 Å². The molecular formula is C15H16F2O. The lowest BCUT2D eigenvalue weighted by atomic mass is 9.83. The molecule has 1 aromatic carbocycles. The fourth-order valence-electron chi connectivity index (χ4n) is 3.60. The number of carbonyl (C=O) groups excluding carboxylic acids is 1.